The number of nitrogens with one attached hydrogen (secondary N) is 1. The number of nitrogens with zero attached hydrogens (tertiary/aromatic N) is 2. The van der Waals surface area contributed by atoms with E-state index >= 15 is 0 Å². The van der Waals surface area contributed by atoms with Crippen LogP contribution in [0.2, 0.25) is 0 Å². The van der Waals surface area contributed by atoms with Crippen LogP contribution in [0.5, 0.6) is 0 Å². The Hall–Kier alpha value is -1.93. The second kappa shape index (κ2) is 8.83. The van der Waals surface area contributed by atoms with Gasteiger partial charge in [0.2, 0.25) is 21.8 Å². The van der Waals surface area contributed by atoms with Crippen LogP contribution in [0.1, 0.15) is 47.5 Å². The largest absolute Gasteiger partial charge is 0.341 e. The summed E-state index contributed by atoms with van der Waals surface area (Å²) in [5.74, 6) is -0.365. The van der Waals surface area contributed by atoms with Crippen molar-refractivity contribution in [3.8, 4) is 0 Å². The molecule has 0 bridgehead atoms. The summed E-state index contributed by atoms with van der Waals surface area (Å²) in [5.41, 5.74) is 0.0726. The molecule has 1 aromatic carbocycles. The maximum absolute atomic E-state index is 12.7. The van der Waals surface area contributed by atoms with Crippen molar-refractivity contribution in [2.24, 2.45) is 11.3 Å². The Morgan fingerprint density at radius 3 is 2.28 bits per heavy atom. The molecule has 2 amide bonds. The van der Waals surface area contributed by atoms with Crippen molar-refractivity contribution >= 4 is 27.5 Å². The highest BCUT2D eigenvalue weighted by Crippen LogP contribution is 2.25. The first kappa shape index (κ1) is 23.3. The molecule has 0 aliphatic carbocycles. The molecular formula is C21H33N3O4S. The summed E-state index contributed by atoms with van der Waals surface area (Å²) in [7, 11) is -2.01. The van der Waals surface area contributed by atoms with Gasteiger partial charge in [0.05, 0.1) is 10.8 Å². The van der Waals surface area contributed by atoms with Gasteiger partial charge in [0.15, 0.2) is 0 Å². The van der Waals surface area contributed by atoms with Crippen molar-refractivity contribution in [3.63, 3.8) is 0 Å². The van der Waals surface area contributed by atoms with E-state index in [9.17, 15) is 18.0 Å². The molecule has 8 heteroatoms. The molecule has 1 saturated heterocycles. The van der Waals surface area contributed by atoms with Crippen LogP contribution in [0, 0.1) is 11.3 Å². The van der Waals surface area contributed by atoms with E-state index in [1.807, 2.05) is 34.6 Å². The predicted octanol–water partition coefficient (Wildman–Crippen LogP) is 2.94. The monoisotopic (exact) mass is 423 g/mol. The zero-order valence-electron chi connectivity index (χ0n) is 18.2. The van der Waals surface area contributed by atoms with Crippen molar-refractivity contribution < 1.29 is 18.0 Å². The Morgan fingerprint density at radius 2 is 1.76 bits per heavy atom. The SMILES string of the molecule is CC(C)N(C)S(=O)(=O)c1ccc(NC(=O)C2CCCN(C(=O)C(C)(C)C)C2)cc1. The Balaban J connectivity index is 2.05. The first-order chi connectivity index (χ1) is 13.3. The minimum atomic E-state index is -3.56. The van der Waals surface area contributed by atoms with Crippen LogP contribution >= 0.6 is 0 Å². The smallest absolute Gasteiger partial charge is 0.243 e. The molecule has 1 heterocycles. The summed E-state index contributed by atoms with van der Waals surface area (Å²) >= 11 is 0. The van der Waals surface area contributed by atoms with Crippen LogP contribution in [0.4, 0.5) is 5.69 Å². The van der Waals surface area contributed by atoms with Gasteiger partial charge in [-0.05, 0) is 51.0 Å². The Kier molecular flexibility index (Phi) is 7.11. The molecule has 1 atom stereocenters. The van der Waals surface area contributed by atoms with Gasteiger partial charge in [0, 0.05) is 37.3 Å². The summed E-state index contributed by atoms with van der Waals surface area (Å²) < 4.78 is 26.4. The van der Waals surface area contributed by atoms with E-state index in [1.54, 1.807) is 24.1 Å². The molecule has 0 aromatic heterocycles. The lowest BCUT2D eigenvalue weighted by atomic mass is 9.91. The summed E-state index contributed by atoms with van der Waals surface area (Å²) in [6.45, 7) is 10.3. The number of carbonyl (C=O) groups excluding carboxylic acids is 2. The van der Waals surface area contributed by atoms with Crippen LogP contribution in [-0.2, 0) is 19.6 Å². The number of anilines is 1. The Morgan fingerprint density at radius 1 is 1.17 bits per heavy atom. The number of benzene rings is 1. The van der Waals surface area contributed by atoms with Crippen molar-refractivity contribution in [2.75, 3.05) is 25.5 Å². The van der Waals surface area contributed by atoms with Gasteiger partial charge in [0.25, 0.3) is 0 Å². The topological polar surface area (TPSA) is 86.8 Å². The molecule has 0 saturated carbocycles. The summed E-state index contributed by atoms with van der Waals surface area (Å²) in [5, 5.41) is 2.86. The number of hydrogen-bond acceptors (Lipinski definition) is 4. The molecule has 29 heavy (non-hydrogen) atoms. The highest BCUT2D eigenvalue weighted by Gasteiger charge is 2.33. The molecule has 0 spiro atoms. The lowest BCUT2D eigenvalue weighted by molar-refractivity contribution is -0.142. The van der Waals surface area contributed by atoms with Crippen LogP contribution < -0.4 is 5.32 Å². The van der Waals surface area contributed by atoms with E-state index in [0.717, 1.165) is 12.8 Å². The fourth-order valence-electron chi connectivity index (χ4n) is 3.25. The zero-order valence-corrected chi connectivity index (χ0v) is 19.0. The number of rotatable bonds is 5. The molecule has 7 nitrogen and oxygen atoms in total. The molecular weight excluding hydrogens is 390 g/mol. The van der Waals surface area contributed by atoms with Gasteiger partial charge in [-0.15, -0.1) is 0 Å². The summed E-state index contributed by atoms with van der Waals surface area (Å²) in [4.78, 5) is 27.2. The van der Waals surface area contributed by atoms with Gasteiger partial charge in [-0.1, -0.05) is 20.8 Å². The first-order valence-corrected chi connectivity index (χ1v) is 11.5. The third-order valence-corrected chi connectivity index (χ3v) is 7.29. The highest BCUT2D eigenvalue weighted by atomic mass is 32.2. The second-order valence-electron chi connectivity index (χ2n) is 8.97. The van der Waals surface area contributed by atoms with Gasteiger partial charge in [-0.3, -0.25) is 9.59 Å². The quantitative estimate of drug-likeness (QED) is 0.789. The first-order valence-electron chi connectivity index (χ1n) is 10.0. The van der Waals surface area contributed by atoms with Crippen LogP contribution in [0.15, 0.2) is 29.2 Å². The molecule has 0 radical (unpaired) electrons. The number of hydrogen-bond donors (Lipinski definition) is 1. The van der Waals surface area contributed by atoms with Crippen molar-refractivity contribution in [3.05, 3.63) is 24.3 Å². The van der Waals surface area contributed by atoms with E-state index < -0.39 is 15.4 Å². The molecule has 1 aliphatic rings. The van der Waals surface area contributed by atoms with Crippen LogP contribution in [-0.4, -0.2) is 55.6 Å². The van der Waals surface area contributed by atoms with E-state index in [0.29, 0.717) is 18.8 Å². The van der Waals surface area contributed by atoms with Gasteiger partial charge < -0.3 is 10.2 Å². The van der Waals surface area contributed by atoms with Crippen LogP contribution in [0.3, 0.4) is 0 Å². The second-order valence-corrected chi connectivity index (χ2v) is 11.0. The Bertz CT molecular complexity index is 842. The number of sulfonamides is 1. The molecule has 2 rings (SSSR count). The van der Waals surface area contributed by atoms with E-state index in [-0.39, 0.29) is 28.7 Å². The van der Waals surface area contributed by atoms with Crippen molar-refractivity contribution in [2.45, 2.75) is 58.4 Å². The number of likely N-dealkylation sites (tertiary alicyclic amines) is 1. The normalized spacial score (nSPS) is 18.2. The molecule has 162 valence electrons. The fourth-order valence-corrected chi connectivity index (χ4v) is 4.62. The van der Waals surface area contributed by atoms with Gasteiger partial charge in [0.1, 0.15) is 0 Å². The number of piperidine rings is 1. The highest BCUT2D eigenvalue weighted by molar-refractivity contribution is 7.89. The van der Waals surface area contributed by atoms with Gasteiger partial charge >= 0.3 is 0 Å². The van der Waals surface area contributed by atoms with Crippen LogP contribution in [0.25, 0.3) is 0 Å². The molecule has 1 unspecified atom stereocenters. The number of amides is 2. The lowest BCUT2D eigenvalue weighted by Gasteiger charge is -2.35. The predicted molar refractivity (Wildman–Crippen MR) is 114 cm³/mol. The van der Waals surface area contributed by atoms with E-state index in [4.69, 9.17) is 0 Å². The summed E-state index contributed by atoms with van der Waals surface area (Å²) in [6, 6.07) is 6.05. The Labute approximate surface area is 174 Å². The van der Waals surface area contributed by atoms with E-state index in [2.05, 4.69) is 5.32 Å². The number of carbonyl (C=O) groups is 2. The molecule has 1 fully saturated rings. The van der Waals surface area contributed by atoms with E-state index in [1.165, 1.54) is 16.4 Å². The average Bonchev–Trinajstić information content (AvgIpc) is 2.66. The van der Waals surface area contributed by atoms with Gasteiger partial charge in [-0.2, -0.15) is 4.31 Å². The summed E-state index contributed by atoms with van der Waals surface area (Å²) in [6.07, 6.45) is 1.52. The average molecular weight is 424 g/mol. The molecule has 1 aliphatic heterocycles. The minimum Gasteiger partial charge on any atom is -0.341 e. The minimum absolute atomic E-state index is 0.0545. The molecule has 1 N–H and O–H groups in total. The maximum atomic E-state index is 12.7. The standard InChI is InChI=1S/C21H33N3O4S/c1-15(2)23(6)29(27,28)18-11-9-17(10-12-18)22-19(25)16-8-7-13-24(14-16)20(26)21(3,4)5/h9-12,15-16H,7-8,13-14H2,1-6H3,(H,22,25). The zero-order chi connectivity index (χ0) is 22.0. The third-order valence-electron chi connectivity index (χ3n) is 5.25. The fraction of sp³-hybridized carbons (Fsp3) is 0.619. The lowest BCUT2D eigenvalue weighted by Crippen LogP contribution is -2.47. The van der Waals surface area contributed by atoms with Crippen molar-refractivity contribution in [1.29, 1.82) is 0 Å². The molecule has 1 aromatic rings. The maximum Gasteiger partial charge on any atom is 0.243 e. The third kappa shape index (κ3) is 5.57. The van der Waals surface area contributed by atoms with Gasteiger partial charge in [-0.25, -0.2) is 8.42 Å². The van der Waals surface area contributed by atoms with Crippen molar-refractivity contribution in [1.82, 2.24) is 9.21 Å².